The molecule has 1 aliphatic carbocycles. The van der Waals surface area contributed by atoms with Gasteiger partial charge in [0.2, 0.25) is 5.91 Å². The maximum atomic E-state index is 11.8. The Labute approximate surface area is 119 Å². The van der Waals surface area contributed by atoms with Crippen molar-refractivity contribution in [2.45, 2.75) is 31.7 Å². The van der Waals surface area contributed by atoms with Gasteiger partial charge in [0.25, 0.3) is 5.91 Å². The molecule has 0 aromatic heterocycles. The fraction of sp³-hybridized carbons (Fsp3) is 0.467. The molecular formula is C15H21N3O2. The van der Waals surface area contributed by atoms with Crippen molar-refractivity contribution in [3.8, 4) is 0 Å². The molecule has 1 saturated carbocycles. The van der Waals surface area contributed by atoms with Crippen LogP contribution in [0.3, 0.4) is 0 Å². The van der Waals surface area contributed by atoms with Gasteiger partial charge in [-0.2, -0.15) is 0 Å². The van der Waals surface area contributed by atoms with E-state index in [0.29, 0.717) is 31.0 Å². The van der Waals surface area contributed by atoms with Gasteiger partial charge in [-0.25, -0.2) is 0 Å². The molecule has 5 nitrogen and oxygen atoms in total. The number of benzene rings is 1. The first-order chi connectivity index (χ1) is 9.69. The van der Waals surface area contributed by atoms with E-state index < -0.39 is 0 Å². The predicted molar refractivity (Wildman–Crippen MR) is 78.7 cm³/mol. The number of rotatable bonds is 7. The second-order valence-corrected chi connectivity index (χ2v) is 5.03. The highest BCUT2D eigenvalue weighted by molar-refractivity contribution is 5.94. The van der Waals surface area contributed by atoms with Gasteiger partial charge in [0.15, 0.2) is 0 Å². The van der Waals surface area contributed by atoms with Gasteiger partial charge in [-0.3, -0.25) is 9.59 Å². The first-order valence-corrected chi connectivity index (χ1v) is 7.04. The number of carbonyl (C=O) groups excluding carboxylic acids is 2. The fourth-order valence-corrected chi connectivity index (χ4v) is 1.87. The molecule has 2 amide bonds. The molecule has 0 unspecified atom stereocenters. The first kappa shape index (κ1) is 14.4. The number of nitrogens with one attached hydrogen (secondary N) is 3. The highest BCUT2D eigenvalue weighted by Crippen LogP contribution is 2.18. The van der Waals surface area contributed by atoms with Crippen LogP contribution >= 0.6 is 0 Å². The van der Waals surface area contributed by atoms with Crippen molar-refractivity contribution in [2.75, 3.05) is 18.9 Å². The number of carbonyl (C=O) groups is 2. The molecule has 0 radical (unpaired) electrons. The zero-order chi connectivity index (χ0) is 14.4. The summed E-state index contributed by atoms with van der Waals surface area (Å²) in [5, 5.41) is 8.75. The largest absolute Gasteiger partial charge is 0.388 e. The van der Waals surface area contributed by atoms with Crippen molar-refractivity contribution in [2.24, 2.45) is 0 Å². The molecule has 20 heavy (non-hydrogen) atoms. The molecule has 1 fully saturated rings. The molecule has 1 aromatic carbocycles. The highest BCUT2D eigenvalue weighted by atomic mass is 16.2. The minimum absolute atomic E-state index is 0.0834. The van der Waals surface area contributed by atoms with Crippen LogP contribution in [0, 0.1) is 0 Å². The number of amides is 2. The van der Waals surface area contributed by atoms with Crippen molar-refractivity contribution in [1.82, 2.24) is 10.6 Å². The summed E-state index contributed by atoms with van der Waals surface area (Å²) in [5.74, 6) is -0.0182. The van der Waals surface area contributed by atoms with Gasteiger partial charge >= 0.3 is 0 Å². The molecule has 0 spiro atoms. The molecule has 0 aliphatic heterocycles. The Morgan fingerprint density at radius 3 is 2.50 bits per heavy atom. The van der Waals surface area contributed by atoms with Gasteiger partial charge in [-0.05, 0) is 43.5 Å². The van der Waals surface area contributed by atoms with E-state index in [2.05, 4.69) is 16.0 Å². The highest BCUT2D eigenvalue weighted by Gasteiger charge is 2.22. The lowest BCUT2D eigenvalue weighted by atomic mass is 10.2. The minimum Gasteiger partial charge on any atom is -0.388 e. The van der Waals surface area contributed by atoms with E-state index in [1.807, 2.05) is 19.2 Å². The Hall–Kier alpha value is -2.04. The SMILES string of the molecule is CNc1ccc(C(=O)NCCCC(=O)NC2CC2)cc1. The number of hydrogen-bond acceptors (Lipinski definition) is 3. The molecule has 0 heterocycles. The van der Waals surface area contributed by atoms with E-state index in [4.69, 9.17) is 0 Å². The smallest absolute Gasteiger partial charge is 0.251 e. The second-order valence-electron chi connectivity index (χ2n) is 5.03. The number of hydrogen-bond donors (Lipinski definition) is 3. The van der Waals surface area contributed by atoms with Crippen LogP contribution in [0.1, 0.15) is 36.0 Å². The zero-order valence-corrected chi connectivity index (χ0v) is 11.7. The molecule has 1 aliphatic rings. The maximum absolute atomic E-state index is 11.8. The normalized spacial score (nSPS) is 13.7. The molecule has 108 valence electrons. The third-order valence-corrected chi connectivity index (χ3v) is 3.24. The lowest BCUT2D eigenvalue weighted by molar-refractivity contribution is -0.121. The summed E-state index contributed by atoms with van der Waals surface area (Å²) in [4.78, 5) is 23.3. The molecule has 3 N–H and O–H groups in total. The third kappa shape index (κ3) is 4.57. The first-order valence-electron chi connectivity index (χ1n) is 7.04. The Morgan fingerprint density at radius 2 is 1.90 bits per heavy atom. The molecule has 5 heteroatoms. The van der Waals surface area contributed by atoms with Crippen molar-refractivity contribution in [1.29, 1.82) is 0 Å². The van der Waals surface area contributed by atoms with E-state index in [1.165, 1.54) is 0 Å². The maximum Gasteiger partial charge on any atom is 0.251 e. The van der Waals surface area contributed by atoms with Crippen LogP contribution in [-0.4, -0.2) is 31.4 Å². The predicted octanol–water partition coefficient (Wildman–Crippen LogP) is 1.52. The van der Waals surface area contributed by atoms with Gasteiger partial charge in [0, 0.05) is 37.3 Å². The summed E-state index contributed by atoms with van der Waals surface area (Å²) >= 11 is 0. The minimum atomic E-state index is -0.102. The van der Waals surface area contributed by atoms with Crippen molar-refractivity contribution >= 4 is 17.5 Å². The van der Waals surface area contributed by atoms with Crippen molar-refractivity contribution in [3.05, 3.63) is 29.8 Å². The average molecular weight is 275 g/mol. The van der Waals surface area contributed by atoms with Crippen molar-refractivity contribution in [3.63, 3.8) is 0 Å². The second kappa shape index (κ2) is 6.93. The van der Waals surface area contributed by atoms with E-state index in [-0.39, 0.29) is 11.8 Å². The quantitative estimate of drug-likeness (QED) is 0.661. The molecule has 0 atom stereocenters. The zero-order valence-electron chi connectivity index (χ0n) is 11.7. The van der Waals surface area contributed by atoms with Crippen LogP contribution < -0.4 is 16.0 Å². The summed E-state index contributed by atoms with van der Waals surface area (Å²) in [6.45, 7) is 0.519. The van der Waals surface area contributed by atoms with Gasteiger partial charge in [0.1, 0.15) is 0 Å². The summed E-state index contributed by atoms with van der Waals surface area (Å²) in [6, 6.07) is 7.68. The van der Waals surface area contributed by atoms with Crippen LogP contribution in [0.25, 0.3) is 0 Å². The van der Waals surface area contributed by atoms with Crippen LogP contribution in [0.4, 0.5) is 5.69 Å². The Morgan fingerprint density at radius 1 is 1.20 bits per heavy atom. The van der Waals surface area contributed by atoms with Gasteiger partial charge in [-0.1, -0.05) is 0 Å². The van der Waals surface area contributed by atoms with E-state index >= 15 is 0 Å². The third-order valence-electron chi connectivity index (χ3n) is 3.24. The molecular weight excluding hydrogens is 254 g/mol. The van der Waals surface area contributed by atoms with Crippen LogP contribution in [0.2, 0.25) is 0 Å². The Bertz CT molecular complexity index is 467. The van der Waals surface area contributed by atoms with Gasteiger partial charge < -0.3 is 16.0 Å². The summed E-state index contributed by atoms with van der Waals surface area (Å²) in [7, 11) is 1.84. The van der Waals surface area contributed by atoms with Gasteiger partial charge in [-0.15, -0.1) is 0 Å². The van der Waals surface area contributed by atoms with Crippen LogP contribution in [-0.2, 0) is 4.79 Å². The summed E-state index contributed by atoms with van der Waals surface area (Å²) in [6.07, 6.45) is 3.34. The van der Waals surface area contributed by atoms with Crippen LogP contribution in [0.15, 0.2) is 24.3 Å². The van der Waals surface area contributed by atoms with Gasteiger partial charge in [0.05, 0.1) is 0 Å². The van der Waals surface area contributed by atoms with E-state index in [1.54, 1.807) is 12.1 Å². The van der Waals surface area contributed by atoms with Crippen LogP contribution in [0.5, 0.6) is 0 Å². The number of anilines is 1. The average Bonchev–Trinajstić information content (AvgIpc) is 3.27. The Balaban J connectivity index is 1.64. The lowest BCUT2D eigenvalue weighted by Crippen LogP contribution is -2.28. The molecule has 0 saturated heterocycles. The molecule has 1 aromatic rings. The summed E-state index contributed by atoms with van der Waals surface area (Å²) in [5.41, 5.74) is 1.60. The summed E-state index contributed by atoms with van der Waals surface area (Å²) < 4.78 is 0. The van der Waals surface area contributed by atoms with Crippen molar-refractivity contribution < 1.29 is 9.59 Å². The van der Waals surface area contributed by atoms with E-state index in [0.717, 1.165) is 18.5 Å². The fourth-order valence-electron chi connectivity index (χ4n) is 1.87. The Kier molecular flexibility index (Phi) is 4.98. The topological polar surface area (TPSA) is 70.2 Å². The van der Waals surface area contributed by atoms with E-state index in [9.17, 15) is 9.59 Å². The standard InChI is InChI=1S/C15H21N3O2/c1-16-12-6-4-11(5-7-12)15(20)17-10-2-3-14(19)18-13-8-9-13/h4-7,13,16H,2-3,8-10H2,1H3,(H,17,20)(H,18,19). The monoisotopic (exact) mass is 275 g/mol. The molecule has 2 rings (SSSR count). The molecule has 0 bridgehead atoms. The lowest BCUT2D eigenvalue weighted by Gasteiger charge is -2.06.